The molecule has 0 aliphatic heterocycles. The van der Waals surface area contributed by atoms with E-state index in [2.05, 4.69) is 10.1 Å². The van der Waals surface area contributed by atoms with Crippen molar-refractivity contribution in [3.8, 4) is 11.5 Å². The van der Waals surface area contributed by atoms with Crippen molar-refractivity contribution < 1.29 is 52.5 Å². The predicted octanol–water partition coefficient (Wildman–Crippen LogP) is 3.61. The van der Waals surface area contributed by atoms with Gasteiger partial charge in [-0.25, -0.2) is 0 Å². The third kappa shape index (κ3) is 13.0. The van der Waals surface area contributed by atoms with Crippen LogP contribution in [0.5, 0.6) is 11.5 Å². The molecule has 250 valence electrons. The normalized spacial score (nSPS) is 12.6. The van der Waals surface area contributed by atoms with Gasteiger partial charge in [0.1, 0.15) is 19.8 Å². The van der Waals surface area contributed by atoms with E-state index >= 15 is 0 Å². The number of hydrogen-bond donors (Lipinski definition) is 1. The van der Waals surface area contributed by atoms with Crippen LogP contribution in [0.25, 0.3) is 0 Å². The number of nitro benzene ring substituents is 1. The first-order chi connectivity index (χ1) is 20.8. The van der Waals surface area contributed by atoms with Crippen molar-refractivity contribution in [2.75, 3.05) is 67.5 Å². The number of ether oxygens (including phenoxy) is 7. The van der Waals surface area contributed by atoms with E-state index in [4.69, 9.17) is 28.4 Å². The molecule has 1 N–H and O–H groups in total. The molecule has 0 bridgehead atoms. The van der Waals surface area contributed by atoms with Gasteiger partial charge in [-0.3, -0.25) is 24.5 Å². The lowest BCUT2D eigenvalue weighted by Crippen LogP contribution is -2.32. The molecular weight excluding hydrogens is 580 g/mol. The van der Waals surface area contributed by atoms with Gasteiger partial charge in [-0.05, 0) is 46.1 Å². The minimum atomic E-state index is -0.746. The minimum absolute atomic E-state index is 0.0444. The van der Waals surface area contributed by atoms with Crippen molar-refractivity contribution in [2.45, 2.75) is 59.9 Å². The lowest BCUT2D eigenvalue weighted by Gasteiger charge is -2.28. The van der Waals surface area contributed by atoms with Crippen molar-refractivity contribution in [2.24, 2.45) is 10.8 Å². The number of nitrogens with zero attached hydrogens (tertiary/aromatic N) is 1. The summed E-state index contributed by atoms with van der Waals surface area (Å²) in [5.74, 6) is -0.685. The summed E-state index contributed by atoms with van der Waals surface area (Å²) in [6.45, 7) is 8.28. The molecule has 0 aliphatic rings. The number of carbonyl (C=O) groups excluding carboxylic acids is 3. The summed E-state index contributed by atoms with van der Waals surface area (Å²) in [5.41, 5.74) is -1.27. The molecule has 0 spiro atoms. The molecular formula is C30H48N2O12. The number of carbonyl (C=O) groups is 3. The number of benzene rings is 1. The maximum Gasteiger partial charge on any atom is 0.319 e. The molecule has 1 atom stereocenters. The third-order valence-corrected chi connectivity index (χ3v) is 7.20. The van der Waals surface area contributed by atoms with Crippen LogP contribution >= 0.6 is 0 Å². The Bertz CT molecular complexity index is 1080. The van der Waals surface area contributed by atoms with E-state index < -0.39 is 21.7 Å². The first-order valence-electron chi connectivity index (χ1n) is 14.5. The average Bonchev–Trinajstić information content (AvgIpc) is 2.99. The fraction of sp³-hybridized carbons (Fsp3) is 0.700. The van der Waals surface area contributed by atoms with Gasteiger partial charge >= 0.3 is 17.9 Å². The smallest absolute Gasteiger partial charge is 0.319 e. The van der Waals surface area contributed by atoms with Crippen LogP contribution in [0.1, 0.15) is 58.9 Å². The van der Waals surface area contributed by atoms with Crippen molar-refractivity contribution in [3.63, 3.8) is 0 Å². The van der Waals surface area contributed by atoms with Crippen LogP contribution < -0.4 is 14.8 Å². The number of esters is 3. The van der Waals surface area contributed by atoms with Gasteiger partial charge in [-0.2, -0.15) is 0 Å². The van der Waals surface area contributed by atoms with E-state index in [1.165, 1.54) is 26.4 Å². The van der Waals surface area contributed by atoms with Crippen LogP contribution in [-0.2, 0) is 44.6 Å². The maximum absolute atomic E-state index is 12.7. The zero-order chi connectivity index (χ0) is 33.2. The molecule has 1 aromatic rings. The fourth-order valence-corrected chi connectivity index (χ4v) is 4.09. The average molecular weight is 629 g/mol. The van der Waals surface area contributed by atoms with E-state index in [0.29, 0.717) is 37.9 Å². The van der Waals surface area contributed by atoms with Crippen LogP contribution in [0.3, 0.4) is 0 Å². The topological polar surface area (TPSA) is 171 Å². The molecule has 0 saturated heterocycles. The highest BCUT2D eigenvalue weighted by molar-refractivity contribution is 5.77. The highest BCUT2D eigenvalue weighted by Gasteiger charge is 2.35. The highest BCUT2D eigenvalue weighted by Crippen LogP contribution is 2.35. The van der Waals surface area contributed by atoms with Crippen LogP contribution in [0.15, 0.2) is 12.1 Å². The Balaban J connectivity index is 2.48. The summed E-state index contributed by atoms with van der Waals surface area (Å²) in [6.07, 6.45) is 2.38. The summed E-state index contributed by atoms with van der Waals surface area (Å²) >= 11 is 0. The van der Waals surface area contributed by atoms with E-state index in [-0.39, 0.29) is 75.2 Å². The summed E-state index contributed by atoms with van der Waals surface area (Å²) < 4.78 is 36.6. The molecule has 1 aromatic carbocycles. The van der Waals surface area contributed by atoms with E-state index in [1.807, 2.05) is 13.8 Å². The van der Waals surface area contributed by atoms with Gasteiger partial charge in [0.05, 0.1) is 62.4 Å². The second kappa shape index (κ2) is 19.7. The SMILES string of the molecule is CCC(C)(CCCC(C)(C)C(=O)OCCOCCOc1cc([N+](=O)[O-])c(CNCC(=O)OC)cc1OC)C(=O)OCCOC. The Morgan fingerprint density at radius 2 is 1.55 bits per heavy atom. The highest BCUT2D eigenvalue weighted by atomic mass is 16.6. The number of methoxy groups -OCH3 is 3. The monoisotopic (exact) mass is 628 g/mol. The van der Waals surface area contributed by atoms with E-state index in [1.54, 1.807) is 21.0 Å². The quantitative estimate of drug-likeness (QED) is 0.0613. The van der Waals surface area contributed by atoms with Gasteiger partial charge in [-0.1, -0.05) is 13.3 Å². The van der Waals surface area contributed by atoms with Crippen molar-refractivity contribution in [3.05, 3.63) is 27.8 Å². The molecule has 1 unspecified atom stereocenters. The molecule has 0 saturated carbocycles. The summed E-state index contributed by atoms with van der Waals surface area (Å²) in [7, 11) is 4.20. The van der Waals surface area contributed by atoms with Crippen LogP contribution in [-0.4, -0.2) is 90.3 Å². The fourth-order valence-electron chi connectivity index (χ4n) is 4.09. The summed E-state index contributed by atoms with van der Waals surface area (Å²) in [4.78, 5) is 47.5. The van der Waals surface area contributed by atoms with Gasteiger partial charge in [-0.15, -0.1) is 0 Å². The molecule has 44 heavy (non-hydrogen) atoms. The Morgan fingerprint density at radius 1 is 0.886 bits per heavy atom. The summed E-state index contributed by atoms with van der Waals surface area (Å²) in [6, 6.07) is 2.72. The molecule has 14 heteroatoms. The van der Waals surface area contributed by atoms with Crippen molar-refractivity contribution in [1.82, 2.24) is 5.32 Å². The first kappa shape index (κ1) is 38.5. The number of rotatable bonds is 23. The molecule has 14 nitrogen and oxygen atoms in total. The van der Waals surface area contributed by atoms with Gasteiger partial charge in [0, 0.05) is 19.2 Å². The molecule has 0 aliphatic carbocycles. The van der Waals surface area contributed by atoms with Crippen molar-refractivity contribution >= 4 is 23.6 Å². The molecule has 0 heterocycles. The molecule has 0 fully saturated rings. The molecule has 1 rings (SSSR count). The van der Waals surface area contributed by atoms with Crippen molar-refractivity contribution in [1.29, 1.82) is 0 Å². The standard InChI is InChI=1S/C30H48N2O12/c1-8-30(4,28(35)44-15-12-38-5)11-9-10-29(2,3)27(34)43-17-14-41-13-16-42-25-19-23(32(36)37)22(18-24(25)39-6)20-31-21-26(33)40-7/h18-19,31H,8-17,20-21H2,1-7H3. The second-order valence-electron chi connectivity index (χ2n) is 10.9. The number of hydrogen-bond acceptors (Lipinski definition) is 13. The summed E-state index contributed by atoms with van der Waals surface area (Å²) in [5, 5.41) is 14.4. The molecule has 0 amide bonds. The first-order valence-corrected chi connectivity index (χ1v) is 14.5. The maximum atomic E-state index is 12.7. The lowest BCUT2D eigenvalue weighted by atomic mass is 9.79. The third-order valence-electron chi connectivity index (χ3n) is 7.20. The Hall–Kier alpha value is -3.49. The Labute approximate surface area is 259 Å². The van der Waals surface area contributed by atoms with Gasteiger partial charge in [0.25, 0.3) is 5.69 Å². The van der Waals surface area contributed by atoms with Gasteiger partial charge in [0.2, 0.25) is 0 Å². The Kier molecular flexibility index (Phi) is 17.3. The zero-order valence-electron chi connectivity index (χ0n) is 27.0. The van der Waals surface area contributed by atoms with Crippen LogP contribution in [0.4, 0.5) is 5.69 Å². The van der Waals surface area contributed by atoms with Crippen LogP contribution in [0, 0.1) is 20.9 Å². The Morgan fingerprint density at radius 3 is 2.16 bits per heavy atom. The van der Waals surface area contributed by atoms with Gasteiger partial charge < -0.3 is 38.5 Å². The molecule has 0 radical (unpaired) electrons. The second-order valence-corrected chi connectivity index (χ2v) is 10.9. The molecule has 0 aromatic heterocycles. The van der Waals surface area contributed by atoms with Gasteiger partial charge in [0.15, 0.2) is 11.5 Å². The largest absolute Gasteiger partial charge is 0.493 e. The number of nitro groups is 1. The zero-order valence-corrected chi connectivity index (χ0v) is 27.0. The number of nitrogens with one attached hydrogen (secondary N) is 1. The minimum Gasteiger partial charge on any atom is -0.493 e. The van der Waals surface area contributed by atoms with Crippen LogP contribution in [0.2, 0.25) is 0 Å². The van der Waals surface area contributed by atoms with E-state index in [9.17, 15) is 24.5 Å². The van der Waals surface area contributed by atoms with E-state index in [0.717, 1.165) is 0 Å². The lowest BCUT2D eigenvalue weighted by molar-refractivity contribution is -0.385. The predicted molar refractivity (Wildman–Crippen MR) is 160 cm³/mol.